The van der Waals surface area contributed by atoms with E-state index in [9.17, 15) is 10.1 Å². The molecule has 0 aromatic heterocycles. The molecular formula is C34H41IN4O. The van der Waals surface area contributed by atoms with Crippen molar-refractivity contribution in [3.63, 3.8) is 0 Å². The quantitative estimate of drug-likeness (QED) is 0.0855. The Morgan fingerprint density at radius 2 is 1.82 bits per heavy atom. The number of carbonyl (C=O) groups is 1. The van der Waals surface area contributed by atoms with E-state index in [1.807, 2.05) is 25.3 Å². The molecule has 0 saturated carbocycles. The van der Waals surface area contributed by atoms with Crippen LogP contribution < -0.4 is 4.90 Å². The van der Waals surface area contributed by atoms with Crippen molar-refractivity contribution in [3.05, 3.63) is 93.8 Å². The van der Waals surface area contributed by atoms with Gasteiger partial charge in [0.2, 0.25) is 0 Å². The van der Waals surface area contributed by atoms with Gasteiger partial charge >= 0.3 is 225 Å². The number of aryl methyl sites for hydroxylation is 1. The number of aliphatic imine (C=N–C) groups is 1. The van der Waals surface area contributed by atoms with Gasteiger partial charge in [-0.2, -0.15) is 0 Å². The van der Waals surface area contributed by atoms with Crippen LogP contribution in [0.5, 0.6) is 0 Å². The molecule has 2 aliphatic rings. The van der Waals surface area contributed by atoms with Gasteiger partial charge in [0.05, 0.1) is 0 Å². The maximum absolute atomic E-state index is 13.5. The number of carbonyl (C=O) groups excluding carboxylic acids is 1. The molecule has 0 bridgehead atoms. The molecule has 1 unspecified atom stereocenters. The van der Waals surface area contributed by atoms with Crippen molar-refractivity contribution in [2.45, 2.75) is 40.0 Å². The standard InChI is InChI=1S/C34H41IN4O/c1-8-31-32(26(4)37-9-2)34(5,29-15-13-25(3)14-16-29)24-39(31)30-12-10-11-27(22-30)21-28(23-36)33(40)35(6)17-19-38(7)20-18-35/h8-16,21-22H,6,17-20,24H2,1-5,7H3/b28-21+,31-8-,32-26+,37-9?. The van der Waals surface area contributed by atoms with Gasteiger partial charge in [-0.1, -0.05) is 5.56 Å². The number of hydrogen-bond acceptors (Lipinski definition) is 5. The van der Waals surface area contributed by atoms with Crippen LogP contribution in [0.25, 0.3) is 6.08 Å². The molecule has 5 nitrogen and oxygen atoms in total. The molecule has 2 aromatic rings. The second-order valence-electron chi connectivity index (χ2n) is 11.0. The first kappa shape index (κ1) is 29.8. The van der Waals surface area contributed by atoms with E-state index in [1.165, 1.54) is 16.7 Å². The van der Waals surface area contributed by atoms with Crippen LogP contribution in [0.2, 0.25) is 0 Å². The van der Waals surface area contributed by atoms with Crippen LogP contribution in [-0.2, 0) is 10.2 Å². The normalized spacial score (nSPS) is 24.8. The Morgan fingerprint density at radius 1 is 1.15 bits per heavy atom. The number of halogens is 1. The first-order valence-corrected chi connectivity index (χ1v) is 19.4. The van der Waals surface area contributed by atoms with E-state index >= 15 is 0 Å². The van der Waals surface area contributed by atoms with Gasteiger partial charge in [-0.25, -0.2) is 0 Å². The average molecular weight is 649 g/mol. The minimum atomic E-state index is -2.92. The Kier molecular flexibility index (Phi) is 9.06. The summed E-state index contributed by atoms with van der Waals surface area (Å²) in [6.45, 7) is 13.0. The third kappa shape index (κ3) is 5.82. The number of allylic oxidation sites excluding steroid dienone is 4. The summed E-state index contributed by atoms with van der Waals surface area (Å²) in [7, 11) is 2.08. The Labute approximate surface area is 243 Å². The predicted octanol–water partition coefficient (Wildman–Crippen LogP) is 6.89. The number of nitrogens with zero attached hydrogens (tertiary/aromatic N) is 4. The van der Waals surface area contributed by atoms with Crippen molar-refractivity contribution in [2.24, 2.45) is 4.99 Å². The number of benzene rings is 2. The monoisotopic (exact) mass is 648 g/mol. The SMILES string of the molecule is C=I1(C(=O)/C(C#N)=C/c2cccc(N3CC(C)(c4ccc(C)cc4)C(=C(\C)N=CC)/C3=C/C)c2)CCN(C)CC1. The molecule has 2 heterocycles. The number of anilines is 1. The first-order chi connectivity index (χ1) is 19.1. The molecule has 2 aromatic carbocycles. The van der Waals surface area contributed by atoms with Gasteiger partial charge in [-0.05, 0) is 13.8 Å². The van der Waals surface area contributed by atoms with Gasteiger partial charge in [-0.15, -0.1) is 0 Å². The summed E-state index contributed by atoms with van der Waals surface area (Å²) in [5.74, 6) is 0. The molecule has 210 valence electrons. The molecule has 40 heavy (non-hydrogen) atoms. The second-order valence-corrected chi connectivity index (χ2v) is 19.7. The van der Waals surface area contributed by atoms with E-state index in [-0.39, 0.29) is 14.8 Å². The molecule has 0 aliphatic carbocycles. The summed E-state index contributed by atoms with van der Waals surface area (Å²) in [5.41, 5.74) is 7.68. The maximum atomic E-state index is 13.5. The average Bonchev–Trinajstić information content (AvgIpc) is 3.27. The molecule has 2 saturated heterocycles. The fourth-order valence-corrected chi connectivity index (χ4v) is 12.2. The van der Waals surface area contributed by atoms with Gasteiger partial charge in [0, 0.05) is 0 Å². The number of alkyl halides is 2. The van der Waals surface area contributed by atoms with Crippen LogP contribution >= 0.6 is 18.0 Å². The summed E-state index contributed by atoms with van der Waals surface area (Å²) in [6, 6.07) is 19.2. The Hall–Kier alpha value is -3.15. The number of hydrogen-bond donors (Lipinski definition) is 0. The van der Waals surface area contributed by atoms with Gasteiger partial charge in [-0.3, -0.25) is 0 Å². The zero-order valence-electron chi connectivity index (χ0n) is 24.7. The fourth-order valence-electron chi connectivity index (χ4n) is 5.72. The van der Waals surface area contributed by atoms with Crippen LogP contribution in [0.15, 0.2) is 82.1 Å². The van der Waals surface area contributed by atoms with E-state index in [1.54, 1.807) is 6.08 Å². The van der Waals surface area contributed by atoms with Crippen LogP contribution in [0, 0.1) is 18.3 Å². The van der Waals surface area contributed by atoms with Crippen LogP contribution in [0.4, 0.5) is 5.69 Å². The third-order valence-electron chi connectivity index (χ3n) is 8.06. The van der Waals surface area contributed by atoms with Crippen molar-refractivity contribution >= 4 is 44.2 Å². The summed E-state index contributed by atoms with van der Waals surface area (Å²) in [4.78, 5) is 22.8. The van der Waals surface area contributed by atoms with Crippen LogP contribution in [-0.4, -0.2) is 55.0 Å². The number of nitriles is 1. The van der Waals surface area contributed by atoms with Crippen LogP contribution in [0.3, 0.4) is 0 Å². The molecule has 0 spiro atoms. The molecule has 6 heteroatoms. The van der Waals surface area contributed by atoms with Gasteiger partial charge in [0.1, 0.15) is 0 Å². The van der Waals surface area contributed by atoms with Gasteiger partial charge < -0.3 is 0 Å². The van der Waals surface area contributed by atoms with Crippen molar-refractivity contribution in [1.29, 1.82) is 5.26 Å². The van der Waals surface area contributed by atoms with Crippen molar-refractivity contribution in [1.82, 2.24) is 4.90 Å². The van der Waals surface area contributed by atoms with E-state index in [4.69, 9.17) is 4.99 Å². The molecule has 1 atom stereocenters. The van der Waals surface area contributed by atoms with Gasteiger partial charge in [0.25, 0.3) is 0 Å². The van der Waals surface area contributed by atoms with E-state index in [0.717, 1.165) is 51.1 Å². The number of rotatable bonds is 6. The molecule has 0 amide bonds. The van der Waals surface area contributed by atoms with Crippen molar-refractivity contribution in [3.8, 4) is 6.07 Å². The zero-order chi connectivity index (χ0) is 29.1. The summed E-state index contributed by atoms with van der Waals surface area (Å²) < 4.78 is 6.14. The molecule has 2 aliphatic heterocycles. The summed E-state index contributed by atoms with van der Waals surface area (Å²) in [5, 5.41) is 9.99. The van der Waals surface area contributed by atoms with Crippen molar-refractivity contribution < 1.29 is 4.79 Å². The molecule has 0 N–H and O–H groups in total. The Morgan fingerprint density at radius 3 is 2.42 bits per heavy atom. The summed E-state index contributed by atoms with van der Waals surface area (Å²) >= 11 is -2.92. The molecule has 0 radical (unpaired) electrons. The van der Waals surface area contributed by atoms with Crippen molar-refractivity contribution in [2.75, 3.05) is 40.4 Å². The molecular weight excluding hydrogens is 607 g/mol. The Balaban J connectivity index is 1.75. The van der Waals surface area contributed by atoms with Crippen LogP contribution in [0.1, 0.15) is 44.4 Å². The minimum absolute atomic E-state index is 0.0217. The van der Waals surface area contributed by atoms with E-state index in [2.05, 4.69) is 97.6 Å². The topological polar surface area (TPSA) is 59.7 Å². The third-order valence-corrected chi connectivity index (χ3v) is 15.8. The molecule has 2 fully saturated rings. The second kappa shape index (κ2) is 12.2. The zero-order valence-corrected chi connectivity index (χ0v) is 26.8. The summed E-state index contributed by atoms with van der Waals surface area (Å²) in [6.07, 6.45) is 5.79. The molecule has 4 rings (SSSR count). The first-order valence-electron chi connectivity index (χ1n) is 13.8. The fraction of sp³-hybridized carbons (Fsp3) is 0.353. The van der Waals surface area contributed by atoms with E-state index < -0.39 is 18.0 Å². The Bertz CT molecular complexity index is 1490. The van der Waals surface area contributed by atoms with E-state index in [0.29, 0.717) is 0 Å². The van der Waals surface area contributed by atoms with Gasteiger partial charge in [0.15, 0.2) is 0 Å². The predicted molar refractivity (Wildman–Crippen MR) is 180 cm³/mol.